The number of likely N-dealkylation sites (N-methyl/N-ethyl adjacent to an activating group) is 3. The molecule has 2 fully saturated rings. The largest absolute Gasteiger partial charge is 0.445 e. The third-order valence-corrected chi connectivity index (χ3v) is 18.9. The molecule has 2 aliphatic rings. The van der Waals surface area contributed by atoms with Crippen LogP contribution in [0.3, 0.4) is 0 Å². The number of nitrogens with zero attached hydrogens (tertiary/aromatic N) is 4. The fourth-order valence-corrected chi connectivity index (χ4v) is 13.1. The van der Waals surface area contributed by atoms with Crippen LogP contribution >= 0.6 is 0 Å². The van der Waals surface area contributed by atoms with Crippen molar-refractivity contribution in [2.45, 2.75) is 229 Å². The number of hydrogen-bond acceptors (Lipinski definition) is 18. The van der Waals surface area contributed by atoms with Gasteiger partial charge in [0.1, 0.15) is 30.8 Å². The van der Waals surface area contributed by atoms with Crippen molar-refractivity contribution in [3.63, 3.8) is 0 Å². The minimum Gasteiger partial charge on any atom is -0.445 e. The van der Waals surface area contributed by atoms with E-state index in [9.17, 15) is 57.8 Å². The van der Waals surface area contributed by atoms with Gasteiger partial charge in [-0.3, -0.25) is 53.0 Å². The number of unbranched alkanes of at least 4 members (excludes halogenated alkanes) is 1. The van der Waals surface area contributed by atoms with Crippen LogP contribution in [0.2, 0.25) is 0 Å². The van der Waals surface area contributed by atoms with E-state index in [0.717, 1.165) is 0 Å². The second-order valence-electron chi connectivity index (χ2n) is 28.5. The molecule has 0 aromatic heterocycles. The Bertz CT molecular complexity index is 3060. The number of allylic oxidation sites excluding steroid dienone is 2. The Kier molecular flexibility index (Phi) is 33.6. The number of aliphatic hydroxyl groups is 1. The average Bonchev–Trinajstić information content (AvgIpc) is 1.80. The summed E-state index contributed by atoms with van der Waals surface area (Å²) >= 11 is 0. The summed E-state index contributed by atoms with van der Waals surface area (Å²) in [5.74, 6) is -6.63. The fourth-order valence-electron chi connectivity index (χ4n) is 13.1. The molecule has 8 amide bonds. The summed E-state index contributed by atoms with van der Waals surface area (Å²) in [5, 5.41) is 37.0. The average molecular weight is 1390 g/mol. The molecule has 1 unspecified atom stereocenters. The number of carbonyl (C=O) groups excluding carboxylic acids is 11. The van der Waals surface area contributed by atoms with Gasteiger partial charge in [-0.25, -0.2) is 9.59 Å². The van der Waals surface area contributed by atoms with Gasteiger partial charge in [0.15, 0.2) is 11.6 Å². The zero-order valence-corrected chi connectivity index (χ0v) is 61.5. The van der Waals surface area contributed by atoms with E-state index in [1.807, 2.05) is 71.6 Å². The highest BCUT2D eigenvalue weighted by molar-refractivity contribution is 6.22. The monoisotopic (exact) mass is 1390 g/mol. The Morgan fingerprint density at radius 3 is 1.92 bits per heavy atom. The van der Waals surface area contributed by atoms with Crippen molar-refractivity contribution in [2.75, 3.05) is 52.7 Å². The van der Waals surface area contributed by atoms with Crippen molar-refractivity contribution in [3.05, 3.63) is 77.0 Å². The maximum Gasteiger partial charge on any atom is 0.410 e. The first kappa shape index (κ1) is 83.6. The summed E-state index contributed by atoms with van der Waals surface area (Å²) in [7, 11) is 4.64. The van der Waals surface area contributed by atoms with Crippen LogP contribution in [0, 0.1) is 35.0 Å². The van der Waals surface area contributed by atoms with E-state index >= 15 is 0 Å². The van der Waals surface area contributed by atoms with E-state index < -0.39 is 119 Å². The molecule has 8 N–H and O–H groups in total. The van der Waals surface area contributed by atoms with Crippen molar-refractivity contribution in [1.29, 1.82) is 0 Å². The molecule has 26 nitrogen and oxygen atoms in total. The standard InChI is InChI=1S/C73H114N10O16/c1-18-46(9)70(82(19-2)41-58(87)83-38-26-30-54(83)65(97-17)47(10)66(90)75-49(12)64(89)51-27-21-20-22-28-51)81(16)71(94)62(44(5)6)79-69(93)63(45(7)8)80(15)72(95)98-42-50-33-35-52(36-34-50)76-67(91)53(77-68(92)61(43(3)4)78-57(86)31-25-32-59(88)99-96)29-23-24-37-74-48(11)60-55(84)39-73(13,14)40-56(60)85/h20-22,27-28,33-36,43-47,49,53-54,61-65,70,74,89,96H,18-19,23-26,29-32,37-42H2,1-17H3,(H,75,90)(H,76,91)(H,77,92)(H,78,86)(H,79,93)/t46-,47+,49+,53?,54-,61-,62-,63-,64+,65+,70+/m1/s1. The minimum absolute atomic E-state index is 0.0414. The van der Waals surface area contributed by atoms with Gasteiger partial charge >= 0.3 is 12.1 Å². The lowest BCUT2D eigenvalue weighted by Crippen LogP contribution is -2.62. The summed E-state index contributed by atoms with van der Waals surface area (Å²) in [6.45, 7) is 26.4. The zero-order chi connectivity index (χ0) is 74.2. The third-order valence-electron chi connectivity index (χ3n) is 18.9. The molecule has 26 heteroatoms. The molecule has 1 aliphatic carbocycles. The first-order valence-corrected chi connectivity index (χ1v) is 35.0. The maximum absolute atomic E-state index is 14.9. The lowest BCUT2D eigenvalue weighted by molar-refractivity contribution is -0.234. The van der Waals surface area contributed by atoms with Crippen LogP contribution in [-0.4, -0.2) is 191 Å². The first-order valence-electron chi connectivity index (χ1n) is 35.0. The van der Waals surface area contributed by atoms with E-state index in [1.165, 1.54) is 19.1 Å². The van der Waals surface area contributed by atoms with Gasteiger partial charge in [0, 0.05) is 71.4 Å². The molecule has 0 radical (unpaired) electrons. The number of ketones is 2. The number of amides is 8. The number of nitrogens with one attached hydrogen (secondary N) is 6. The van der Waals surface area contributed by atoms with Gasteiger partial charge in [0.05, 0.1) is 48.5 Å². The van der Waals surface area contributed by atoms with Gasteiger partial charge in [-0.1, -0.05) is 132 Å². The predicted molar refractivity (Wildman–Crippen MR) is 374 cm³/mol. The molecule has 0 bridgehead atoms. The van der Waals surface area contributed by atoms with Gasteiger partial charge < -0.3 is 61.2 Å². The summed E-state index contributed by atoms with van der Waals surface area (Å²) in [5.41, 5.74) is 1.76. The second-order valence-corrected chi connectivity index (χ2v) is 28.5. The highest BCUT2D eigenvalue weighted by Gasteiger charge is 2.44. The molecular formula is C73H114N10O16. The zero-order valence-electron chi connectivity index (χ0n) is 61.5. The van der Waals surface area contributed by atoms with Crippen LogP contribution in [-0.2, 0) is 68.9 Å². The number of Topliss-reactive ketones (excluding diaryl/α,β-unsaturated/α-hetero) is 2. The quantitative estimate of drug-likeness (QED) is 0.00823. The van der Waals surface area contributed by atoms with Crippen LogP contribution in [0.15, 0.2) is 65.9 Å². The number of hydrogen-bond donors (Lipinski definition) is 8. The molecule has 2 aromatic carbocycles. The Hall–Kier alpha value is -7.81. The topological polar surface area (TPSA) is 341 Å². The maximum atomic E-state index is 14.9. The van der Waals surface area contributed by atoms with Gasteiger partial charge in [-0.15, -0.1) is 0 Å². The van der Waals surface area contributed by atoms with Gasteiger partial charge in [0.25, 0.3) is 0 Å². The number of carbonyl (C=O) groups is 11. The smallest absolute Gasteiger partial charge is 0.410 e. The van der Waals surface area contributed by atoms with Gasteiger partial charge in [0.2, 0.25) is 41.4 Å². The van der Waals surface area contributed by atoms with E-state index in [1.54, 1.807) is 102 Å². The van der Waals surface area contributed by atoms with Crippen LogP contribution in [0.1, 0.15) is 185 Å². The highest BCUT2D eigenvalue weighted by atomic mass is 17.1. The predicted octanol–water partition coefficient (Wildman–Crippen LogP) is 7.20. The van der Waals surface area contributed by atoms with Crippen LogP contribution in [0.5, 0.6) is 0 Å². The summed E-state index contributed by atoms with van der Waals surface area (Å²) in [4.78, 5) is 160. The molecule has 4 rings (SSSR count). The molecule has 2 aromatic rings. The van der Waals surface area contributed by atoms with E-state index in [0.29, 0.717) is 74.2 Å². The van der Waals surface area contributed by atoms with E-state index in [2.05, 4.69) is 36.8 Å². The number of ether oxygens (including phenoxy) is 2. The molecule has 0 spiro atoms. The van der Waals surface area contributed by atoms with Crippen LogP contribution in [0.4, 0.5) is 10.5 Å². The minimum atomic E-state index is -1.10. The molecule has 11 atom stereocenters. The normalized spacial score (nSPS) is 17.6. The van der Waals surface area contributed by atoms with Crippen LogP contribution < -0.4 is 31.9 Å². The fraction of sp³-hybridized carbons (Fsp3) is 0.658. The molecule has 1 heterocycles. The highest BCUT2D eigenvalue weighted by Crippen LogP contribution is 2.35. The summed E-state index contributed by atoms with van der Waals surface area (Å²) in [6.07, 6.45) is 0.211. The number of likely N-dealkylation sites (tertiary alicyclic amines) is 1. The third kappa shape index (κ3) is 24.5. The van der Waals surface area contributed by atoms with Crippen molar-refractivity contribution in [3.8, 4) is 0 Å². The number of methoxy groups -OCH3 is 1. The Balaban J connectivity index is 1.42. The Morgan fingerprint density at radius 1 is 0.727 bits per heavy atom. The first-order chi connectivity index (χ1) is 46.6. The number of aliphatic hydroxyl groups excluding tert-OH is 1. The van der Waals surface area contributed by atoms with Crippen molar-refractivity contribution in [1.82, 2.24) is 46.2 Å². The van der Waals surface area contributed by atoms with Crippen molar-refractivity contribution < 1.29 is 77.5 Å². The summed E-state index contributed by atoms with van der Waals surface area (Å²) in [6, 6.07) is 10.2. The lowest BCUT2D eigenvalue weighted by Gasteiger charge is -2.43. The lowest BCUT2D eigenvalue weighted by atomic mass is 9.73. The Labute approximate surface area is 585 Å². The molecule has 1 aliphatic heterocycles. The molecule has 552 valence electrons. The van der Waals surface area contributed by atoms with Crippen LogP contribution in [0.25, 0.3) is 0 Å². The molecule has 99 heavy (non-hydrogen) atoms. The second kappa shape index (κ2) is 39.8. The molecule has 1 saturated carbocycles. The van der Waals surface area contributed by atoms with Crippen molar-refractivity contribution >= 4 is 70.7 Å². The molecular weight excluding hydrogens is 1270 g/mol. The SMILES string of the molecule is CC[C@@H](C)[C@H](N(CC)CC(=O)N1CCC[C@@H]1[C@@H](OC)[C@H](C)C(=O)N[C@@H](C)[C@H](O)c1ccccc1)N(C)C(=O)[C@H](NC(=O)[C@@H](C(C)C)N(C)C(=O)OCc1ccc(NC(=O)C(CCCCNC(C)=C2C(=O)CC(C)(C)CC2=O)NC(=O)[C@H](NC(=O)CCCC(=O)OO)C(C)C)cc1)C(C)C. The van der Waals surface area contributed by atoms with Gasteiger partial charge in [-0.05, 0) is 111 Å². The number of benzene rings is 2. The van der Waals surface area contributed by atoms with E-state index in [-0.39, 0.29) is 92.5 Å². The Morgan fingerprint density at radius 2 is 1.35 bits per heavy atom. The van der Waals surface area contributed by atoms with E-state index in [4.69, 9.17) is 14.7 Å². The van der Waals surface area contributed by atoms with Gasteiger partial charge in [-0.2, -0.15) is 5.26 Å². The summed E-state index contributed by atoms with van der Waals surface area (Å²) < 4.78 is 11.7. The number of anilines is 1. The number of rotatable bonds is 38. The molecule has 1 saturated heterocycles. The van der Waals surface area contributed by atoms with Crippen molar-refractivity contribution in [2.24, 2.45) is 35.0 Å².